The molecule has 0 bridgehead atoms. The fourth-order valence-electron chi connectivity index (χ4n) is 1.29. The van der Waals surface area contributed by atoms with E-state index in [1.165, 1.54) is 12.1 Å². The second-order valence-corrected chi connectivity index (χ2v) is 5.07. The highest BCUT2D eigenvalue weighted by atomic mass is 35.5. The number of aliphatic hydroxyl groups excluding tert-OH is 1. The van der Waals surface area contributed by atoms with E-state index in [-0.39, 0.29) is 22.5 Å². The van der Waals surface area contributed by atoms with Crippen LogP contribution < -0.4 is 5.32 Å². The number of hydrogen-bond acceptors (Lipinski definition) is 3. The molecule has 0 aromatic carbocycles. The summed E-state index contributed by atoms with van der Waals surface area (Å²) in [6.07, 6.45) is 0.441. The number of halogens is 2. The molecule has 0 aliphatic rings. The molecule has 0 fully saturated rings. The summed E-state index contributed by atoms with van der Waals surface area (Å²) in [7, 11) is 0. The Kier molecular flexibility index (Phi) is 4.74. The number of aliphatic hydroxyl groups is 1. The van der Waals surface area contributed by atoms with E-state index >= 15 is 0 Å². The molecule has 0 radical (unpaired) electrons. The largest absolute Gasteiger partial charge is 0.396 e. The number of rotatable bonds is 4. The average molecular weight is 277 g/mol. The summed E-state index contributed by atoms with van der Waals surface area (Å²) in [6, 6.07) is 3.03. The van der Waals surface area contributed by atoms with Crippen LogP contribution in [0.15, 0.2) is 12.1 Å². The van der Waals surface area contributed by atoms with E-state index in [1.807, 2.05) is 0 Å². The highest BCUT2D eigenvalue weighted by molar-refractivity contribution is 6.34. The third kappa shape index (κ3) is 4.15. The minimum absolute atomic E-state index is 0.00993. The van der Waals surface area contributed by atoms with Gasteiger partial charge in [0.15, 0.2) is 0 Å². The van der Waals surface area contributed by atoms with E-state index in [0.717, 1.165) is 0 Å². The quantitative estimate of drug-likeness (QED) is 0.830. The van der Waals surface area contributed by atoms with Gasteiger partial charge < -0.3 is 10.4 Å². The predicted octanol–water partition coefficient (Wildman–Crippen LogP) is 2.28. The molecule has 0 atom stereocenters. The van der Waals surface area contributed by atoms with Gasteiger partial charge in [0, 0.05) is 12.1 Å². The molecular weight excluding hydrogens is 263 g/mol. The van der Waals surface area contributed by atoms with Gasteiger partial charge in [0.25, 0.3) is 5.91 Å². The zero-order valence-electron chi connectivity index (χ0n) is 9.63. The van der Waals surface area contributed by atoms with Crippen molar-refractivity contribution in [3.8, 4) is 0 Å². The van der Waals surface area contributed by atoms with Gasteiger partial charge in [0.05, 0.1) is 5.02 Å². The van der Waals surface area contributed by atoms with E-state index in [9.17, 15) is 4.79 Å². The van der Waals surface area contributed by atoms with Crippen LogP contribution in [0, 0.1) is 0 Å². The van der Waals surface area contributed by atoms with Gasteiger partial charge in [0.1, 0.15) is 10.8 Å². The first-order valence-corrected chi connectivity index (χ1v) is 5.87. The molecule has 6 heteroatoms. The zero-order chi connectivity index (χ0) is 13.1. The Morgan fingerprint density at radius 3 is 2.71 bits per heavy atom. The molecule has 0 spiro atoms. The van der Waals surface area contributed by atoms with Gasteiger partial charge in [-0.25, -0.2) is 4.98 Å². The summed E-state index contributed by atoms with van der Waals surface area (Å²) < 4.78 is 0. The standard InChI is InChI=1S/C11H14Cl2N2O2/c1-11(2,5-6-16)15-10(17)9-7(12)3-4-8(13)14-9/h3-4,16H,5-6H2,1-2H3,(H,15,17). The Labute approximate surface area is 110 Å². The smallest absolute Gasteiger partial charge is 0.271 e. The minimum atomic E-state index is -0.529. The first-order chi connectivity index (χ1) is 7.85. The molecule has 2 N–H and O–H groups in total. The van der Waals surface area contributed by atoms with Crippen molar-refractivity contribution in [3.63, 3.8) is 0 Å². The second-order valence-electron chi connectivity index (χ2n) is 4.28. The summed E-state index contributed by atoms with van der Waals surface area (Å²) in [6.45, 7) is 3.60. The molecule has 94 valence electrons. The summed E-state index contributed by atoms with van der Waals surface area (Å²) in [5.41, 5.74) is -0.440. The van der Waals surface area contributed by atoms with Gasteiger partial charge in [-0.15, -0.1) is 0 Å². The van der Waals surface area contributed by atoms with Crippen molar-refractivity contribution < 1.29 is 9.90 Å². The van der Waals surface area contributed by atoms with E-state index < -0.39 is 11.4 Å². The SMILES string of the molecule is CC(C)(CCO)NC(=O)c1nc(Cl)ccc1Cl. The summed E-state index contributed by atoms with van der Waals surface area (Å²) >= 11 is 11.6. The van der Waals surface area contributed by atoms with Crippen LogP contribution in [0.2, 0.25) is 10.2 Å². The maximum atomic E-state index is 11.9. The molecule has 0 saturated heterocycles. The van der Waals surface area contributed by atoms with Crippen molar-refractivity contribution in [2.45, 2.75) is 25.8 Å². The van der Waals surface area contributed by atoms with Gasteiger partial charge in [-0.1, -0.05) is 23.2 Å². The van der Waals surface area contributed by atoms with Gasteiger partial charge in [-0.2, -0.15) is 0 Å². The van der Waals surface area contributed by atoms with Crippen molar-refractivity contribution in [2.24, 2.45) is 0 Å². The molecule has 0 aliphatic carbocycles. The Morgan fingerprint density at radius 1 is 1.47 bits per heavy atom. The second kappa shape index (κ2) is 5.67. The van der Waals surface area contributed by atoms with Crippen molar-refractivity contribution in [1.82, 2.24) is 10.3 Å². The minimum Gasteiger partial charge on any atom is -0.396 e. The molecule has 17 heavy (non-hydrogen) atoms. The monoisotopic (exact) mass is 276 g/mol. The lowest BCUT2D eigenvalue weighted by Crippen LogP contribution is -2.44. The van der Waals surface area contributed by atoms with Crippen molar-refractivity contribution >= 4 is 29.1 Å². The Bertz CT molecular complexity index is 422. The van der Waals surface area contributed by atoms with Crippen LogP contribution in [-0.4, -0.2) is 28.1 Å². The van der Waals surface area contributed by atoms with E-state index in [2.05, 4.69) is 10.3 Å². The molecular formula is C11H14Cl2N2O2. The number of amides is 1. The number of pyridine rings is 1. The third-order valence-corrected chi connectivity index (χ3v) is 2.73. The normalized spacial score (nSPS) is 11.4. The maximum absolute atomic E-state index is 11.9. The molecule has 1 heterocycles. The van der Waals surface area contributed by atoms with Crippen LogP contribution in [0.25, 0.3) is 0 Å². The van der Waals surface area contributed by atoms with Crippen LogP contribution in [-0.2, 0) is 0 Å². The Balaban J connectivity index is 2.86. The van der Waals surface area contributed by atoms with Gasteiger partial charge >= 0.3 is 0 Å². The van der Waals surface area contributed by atoms with E-state index in [0.29, 0.717) is 6.42 Å². The predicted molar refractivity (Wildman–Crippen MR) is 67.5 cm³/mol. The zero-order valence-corrected chi connectivity index (χ0v) is 11.1. The van der Waals surface area contributed by atoms with Gasteiger partial charge in [0.2, 0.25) is 0 Å². The number of nitrogens with zero attached hydrogens (tertiary/aromatic N) is 1. The van der Waals surface area contributed by atoms with Crippen LogP contribution in [0.5, 0.6) is 0 Å². The van der Waals surface area contributed by atoms with Crippen LogP contribution in [0.1, 0.15) is 30.8 Å². The molecule has 1 rings (SSSR count). The van der Waals surface area contributed by atoms with Crippen LogP contribution >= 0.6 is 23.2 Å². The molecule has 0 saturated carbocycles. The summed E-state index contributed by atoms with van der Waals surface area (Å²) in [5, 5.41) is 12.1. The number of carbonyl (C=O) groups is 1. The van der Waals surface area contributed by atoms with Crippen LogP contribution in [0.3, 0.4) is 0 Å². The Morgan fingerprint density at radius 2 is 2.12 bits per heavy atom. The summed E-state index contributed by atoms with van der Waals surface area (Å²) in [5.74, 6) is -0.407. The molecule has 0 unspecified atom stereocenters. The molecule has 1 aromatic rings. The lowest BCUT2D eigenvalue weighted by molar-refractivity contribution is 0.0894. The lowest BCUT2D eigenvalue weighted by Gasteiger charge is -2.25. The molecule has 0 aliphatic heterocycles. The average Bonchev–Trinajstić information content (AvgIpc) is 2.20. The highest BCUT2D eigenvalue weighted by Crippen LogP contribution is 2.18. The number of aromatic nitrogens is 1. The first kappa shape index (κ1) is 14.2. The highest BCUT2D eigenvalue weighted by Gasteiger charge is 2.22. The number of carbonyl (C=O) groups excluding carboxylic acids is 1. The number of nitrogens with one attached hydrogen (secondary N) is 1. The fourth-order valence-corrected chi connectivity index (χ4v) is 1.62. The van der Waals surface area contributed by atoms with Gasteiger partial charge in [-0.05, 0) is 32.4 Å². The first-order valence-electron chi connectivity index (χ1n) is 5.11. The maximum Gasteiger partial charge on any atom is 0.271 e. The lowest BCUT2D eigenvalue weighted by atomic mass is 10.0. The molecule has 1 amide bonds. The molecule has 4 nitrogen and oxygen atoms in total. The van der Waals surface area contributed by atoms with Crippen molar-refractivity contribution in [3.05, 3.63) is 28.0 Å². The molecule has 1 aromatic heterocycles. The van der Waals surface area contributed by atoms with E-state index in [4.69, 9.17) is 28.3 Å². The fraction of sp³-hybridized carbons (Fsp3) is 0.455. The van der Waals surface area contributed by atoms with Crippen molar-refractivity contribution in [2.75, 3.05) is 6.61 Å². The van der Waals surface area contributed by atoms with Crippen LogP contribution in [0.4, 0.5) is 0 Å². The number of hydrogen-bond donors (Lipinski definition) is 2. The van der Waals surface area contributed by atoms with E-state index in [1.54, 1.807) is 13.8 Å². The van der Waals surface area contributed by atoms with Crippen molar-refractivity contribution in [1.29, 1.82) is 0 Å². The van der Waals surface area contributed by atoms with Gasteiger partial charge in [-0.3, -0.25) is 4.79 Å². The Hall–Kier alpha value is -0.840. The topological polar surface area (TPSA) is 62.2 Å². The third-order valence-electron chi connectivity index (χ3n) is 2.22. The summed E-state index contributed by atoms with van der Waals surface area (Å²) in [4.78, 5) is 15.8.